The molecule has 15 nitrogen and oxygen atoms in total. The fourth-order valence-corrected chi connectivity index (χ4v) is 13.4. The van der Waals surface area contributed by atoms with Gasteiger partial charge in [0.2, 0.25) is 0 Å². The molecule has 0 radical (unpaired) electrons. The lowest BCUT2D eigenvalue weighted by Gasteiger charge is -2.64. The van der Waals surface area contributed by atoms with Crippen LogP contribution in [0.4, 0.5) is 0 Å². The zero-order valence-corrected chi connectivity index (χ0v) is 36.3. The monoisotopic (exact) mass is 848 g/mol. The Balaban J connectivity index is 0.815. The number of cyclic esters (lactones) is 1. The largest absolute Gasteiger partial charge is 0.458 e. The summed E-state index contributed by atoms with van der Waals surface area (Å²) >= 11 is 0. The third-order valence-electron chi connectivity index (χ3n) is 16.4. The number of ether oxygens (including phenoxy) is 9. The van der Waals surface area contributed by atoms with Gasteiger partial charge in [-0.05, 0) is 113 Å². The van der Waals surface area contributed by atoms with E-state index in [9.17, 15) is 29.7 Å². The Morgan fingerprint density at radius 3 is 1.88 bits per heavy atom. The van der Waals surface area contributed by atoms with Crippen LogP contribution in [0.25, 0.3) is 0 Å². The third-order valence-corrected chi connectivity index (χ3v) is 16.4. The number of carbonyl (C=O) groups excluding carboxylic acids is 3. The maximum absolute atomic E-state index is 12.6. The van der Waals surface area contributed by atoms with E-state index in [1.54, 1.807) is 19.9 Å². The Morgan fingerprint density at radius 2 is 1.30 bits per heavy atom. The van der Waals surface area contributed by atoms with E-state index < -0.39 is 91.3 Å². The van der Waals surface area contributed by atoms with Gasteiger partial charge < -0.3 is 58.0 Å². The van der Waals surface area contributed by atoms with Crippen LogP contribution in [-0.2, 0) is 57.0 Å². The molecule has 60 heavy (non-hydrogen) atoms. The first-order valence-corrected chi connectivity index (χ1v) is 22.6. The molecule has 15 heteroatoms. The molecule has 0 aromatic rings. The molecule has 4 aliphatic heterocycles. The Labute approximate surface area is 353 Å². The molecule has 20 atom stereocenters. The van der Waals surface area contributed by atoms with Gasteiger partial charge in [-0.3, -0.25) is 9.59 Å². The number of aliphatic hydroxyl groups is 3. The molecule has 0 amide bonds. The second-order valence-electron chi connectivity index (χ2n) is 19.9. The zero-order chi connectivity index (χ0) is 42.9. The Kier molecular flexibility index (Phi) is 12.6. The van der Waals surface area contributed by atoms with E-state index in [0.717, 1.165) is 63.4 Å². The summed E-state index contributed by atoms with van der Waals surface area (Å²) in [5.74, 6) is 0.0237. The summed E-state index contributed by atoms with van der Waals surface area (Å²) in [6, 6.07) is 0. The molecular weight excluding hydrogens is 780 g/mol. The smallest absolute Gasteiger partial charge is 0.331 e. The minimum atomic E-state index is -0.996. The van der Waals surface area contributed by atoms with Gasteiger partial charge in [0.05, 0.1) is 42.2 Å². The number of hydrogen-bond acceptors (Lipinski definition) is 15. The minimum Gasteiger partial charge on any atom is -0.458 e. The quantitative estimate of drug-likeness (QED) is 0.168. The molecule has 0 aromatic heterocycles. The summed E-state index contributed by atoms with van der Waals surface area (Å²) in [5.41, 5.74) is 0.165. The van der Waals surface area contributed by atoms with Crippen molar-refractivity contribution in [1.29, 1.82) is 0 Å². The molecule has 3 N–H and O–H groups in total. The van der Waals surface area contributed by atoms with Crippen molar-refractivity contribution in [2.45, 2.75) is 211 Å². The van der Waals surface area contributed by atoms with Crippen LogP contribution in [-0.4, -0.2) is 125 Å². The standard InChI is InChI=1S/C45H68O15/c1-22-40(59-38-19-34(49)41(23(2)54-38)60-39-20-35(56-25(4)46)42(24(3)55-39)57-26(5)47)33(48)18-37(53-22)58-29-10-13-43(6)28(17-29)8-9-32-31(43)11-14-44(7)30(12-15-45(32,44)51)27-16-36(50)52-21-27/h16,22-24,28-35,37-42,48-49,51H,8-15,17-21H2,1-7H3. The third kappa shape index (κ3) is 8.21. The fraction of sp³-hybridized carbons (Fsp3) is 0.889. The van der Waals surface area contributed by atoms with Crippen LogP contribution in [0.3, 0.4) is 0 Å². The molecule has 4 heterocycles. The highest BCUT2D eigenvalue weighted by molar-refractivity contribution is 5.85. The summed E-state index contributed by atoms with van der Waals surface area (Å²) < 4.78 is 53.7. The molecule has 3 saturated heterocycles. The van der Waals surface area contributed by atoms with Crippen molar-refractivity contribution < 1.29 is 72.3 Å². The van der Waals surface area contributed by atoms with Crippen molar-refractivity contribution in [2.24, 2.45) is 34.5 Å². The van der Waals surface area contributed by atoms with Crippen LogP contribution in [0, 0.1) is 34.5 Å². The molecule has 0 aromatic carbocycles. The molecule has 0 spiro atoms. The summed E-state index contributed by atoms with van der Waals surface area (Å²) in [6.45, 7) is 12.9. The topological polar surface area (TPSA) is 195 Å². The Bertz CT molecular complexity index is 1610. The number of hydrogen-bond donors (Lipinski definition) is 3. The number of esters is 3. The first-order chi connectivity index (χ1) is 28.4. The van der Waals surface area contributed by atoms with Crippen LogP contribution in [0.15, 0.2) is 11.6 Å². The maximum atomic E-state index is 12.6. The van der Waals surface area contributed by atoms with Crippen molar-refractivity contribution in [2.75, 3.05) is 6.61 Å². The average molecular weight is 849 g/mol. The second kappa shape index (κ2) is 17.1. The van der Waals surface area contributed by atoms with Gasteiger partial charge in [-0.15, -0.1) is 0 Å². The highest BCUT2D eigenvalue weighted by Crippen LogP contribution is 2.70. The van der Waals surface area contributed by atoms with Crippen molar-refractivity contribution in [3.63, 3.8) is 0 Å². The lowest BCUT2D eigenvalue weighted by molar-refractivity contribution is -0.336. The molecular formula is C45H68O15. The van der Waals surface area contributed by atoms with Gasteiger partial charge >= 0.3 is 17.9 Å². The van der Waals surface area contributed by atoms with Gasteiger partial charge in [-0.1, -0.05) is 13.8 Å². The van der Waals surface area contributed by atoms with Gasteiger partial charge in [0.1, 0.15) is 24.9 Å². The summed E-state index contributed by atoms with van der Waals surface area (Å²) in [4.78, 5) is 35.5. The van der Waals surface area contributed by atoms with E-state index >= 15 is 0 Å². The predicted molar refractivity (Wildman–Crippen MR) is 210 cm³/mol. The van der Waals surface area contributed by atoms with E-state index in [0.29, 0.717) is 18.4 Å². The maximum Gasteiger partial charge on any atom is 0.331 e. The second-order valence-corrected chi connectivity index (χ2v) is 19.9. The van der Waals surface area contributed by atoms with Crippen molar-refractivity contribution >= 4 is 17.9 Å². The van der Waals surface area contributed by atoms with E-state index in [-0.39, 0.29) is 54.0 Å². The highest BCUT2D eigenvalue weighted by atomic mass is 16.7. The van der Waals surface area contributed by atoms with Crippen molar-refractivity contribution in [3.8, 4) is 0 Å². The average Bonchev–Trinajstić information content (AvgIpc) is 3.71. The van der Waals surface area contributed by atoms with Gasteiger partial charge in [0.15, 0.2) is 25.0 Å². The minimum absolute atomic E-state index is 0.00345. The van der Waals surface area contributed by atoms with Crippen LogP contribution in [0.2, 0.25) is 0 Å². The molecule has 4 saturated carbocycles. The van der Waals surface area contributed by atoms with E-state index in [1.165, 1.54) is 13.8 Å². The summed E-state index contributed by atoms with van der Waals surface area (Å²) in [6.07, 6.45) is 1.63. The molecule has 8 rings (SSSR count). The highest BCUT2D eigenvalue weighted by Gasteiger charge is 2.68. The van der Waals surface area contributed by atoms with Crippen molar-refractivity contribution in [1.82, 2.24) is 0 Å². The van der Waals surface area contributed by atoms with E-state index in [4.69, 9.17) is 42.6 Å². The van der Waals surface area contributed by atoms with Crippen molar-refractivity contribution in [3.05, 3.63) is 11.6 Å². The lowest BCUT2D eigenvalue weighted by Crippen LogP contribution is -2.62. The number of aliphatic hydroxyl groups excluding tert-OH is 2. The molecule has 7 fully saturated rings. The number of carbonyl (C=O) groups is 3. The predicted octanol–water partition coefficient (Wildman–Crippen LogP) is 4.39. The Hall–Kier alpha value is -2.21. The molecule has 0 bridgehead atoms. The number of rotatable bonds is 9. The summed E-state index contributed by atoms with van der Waals surface area (Å²) in [5, 5.41) is 35.2. The molecule has 8 aliphatic rings. The number of fused-ring (bicyclic) bond motifs is 5. The van der Waals surface area contributed by atoms with E-state index in [1.807, 2.05) is 6.92 Å². The fourth-order valence-electron chi connectivity index (χ4n) is 13.4. The van der Waals surface area contributed by atoms with Gasteiger partial charge in [0.25, 0.3) is 0 Å². The Morgan fingerprint density at radius 1 is 0.700 bits per heavy atom. The molecule has 338 valence electrons. The van der Waals surface area contributed by atoms with Crippen LogP contribution in [0.1, 0.15) is 126 Å². The lowest BCUT2D eigenvalue weighted by atomic mass is 9.43. The first-order valence-electron chi connectivity index (χ1n) is 22.6. The van der Waals surface area contributed by atoms with Crippen LogP contribution in [0.5, 0.6) is 0 Å². The van der Waals surface area contributed by atoms with Crippen LogP contribution < -0.4 is 0 Å². The zero-order valence-electron chi connectivity index (χ0n) is 36.3. The SMILES string of the molecule is CC(=O)OC1CC(OC2C(O)CC(OC3C(O)CC(OC4CCC5(C)C(CCC6C5CCC5(C)C(C7=CC(=O)OC7)CCC65O)C4)OC3C)OC2C)OC(C)C1OC(C)=O. The van der Waals surface area contributed by atoms with Crippen LogP contribution >= 0.6 is 0 Å². The van der Waals surface area contributed by atoms with Gasteiger partial charge in [0, 0.05) is 44.6 Å². The summed E-state index contributed by atoms with van der Waals surface area (Å²) in [7, 11) is 0. The first kappa shape index (κ1) is 44.4. The van der Waals surface area contributed by atoms with E-state index in [2.05, 4.69) is 13.8 Å². The van der Waals surface area contributed by atoms with Gasteiger partial charge in [-0.25, -0.2) is 4.79 Å². The molecule has 20 unspecified atom stereocenters. The molecule has 4 aliphatic carbocycles. The normalized spacial score (nSPS) is 50.4. The van der Waals surface area contributed by atoms with Gasteiger partial charge in [-0.2, -0.15) is 0 Å².